The zero-order valence-corrected chi connectivity index (χ0v) is 36.7. The molecule has 3 heteroatoms. The second-order valence-electron chi connectivity index (χ2n) is 18.1. The fraction of sp³-hybridized carbons (Fsp3) is 0.0476. The van der Waals surface area contributed by atoms with Crippen LogP contribution < -0.4 is 4.90 Å². The number of nitrogens with zero attached hydrogens (tertiary/aromatic N) is 2. The van der Waals surface area contributed by atoms with Crippen molar-refractivity contribution in [2.24, 2.45) is 0 Å². The average molecular weight is 845 g/mol. The highest BCUT2D eigenvalue weighted by Gasteiger charge is 2.36. The number of hydrogen-bond donors (Lipinski definition) is 0. The molecular formula is C63H44N2O. The summed E-state index contributed by atoms with van der Waals surface area (Å²) in [5.74, 6) is 0. The van der Waals surface area contributed by atoms with Gasteiger partial charge < -0.3 is 13.9 Å². The first kappa shape index (κ1) is 38.1. The molecule has 0 radical (unpaired) electrons. The zero-order valence-electron chi connectivity index (χ0n) is 36.7. The van der Waals surface area contributed by atoms with E-state index < -0.39 is 0 Å². The molecule has 2 aromatic heterocycles. The van der Waals surface area contributed by atoms with E-state index in [1.54, 1.807) is 0 Å². The summed E-state index contributed by atoms with van der Waals surface area (Å²) < 4.78 is 8.94. The molecule has 1 aliphatic carbocycles. The van der Waals surface area contributed by atoms with Gasteiger partial charge in [-0.05, 0) is 141 Å². The van der Waals surface area contributed by atoms with Crippen molar-refractivity contribution in [3.05, 3.63) is 242 Å². The molecule has 0 amide bonds. The summed E-state index contributed by atoms with van der Waals surface area (Å²) in [5, 5.41) is 4.68. The largest absolute Gasteiger partial charge is 0.456 e. The topological polar surface area (TPSA) is 21.3 Å². The lowest BCUT2D eigenvalue weighted by Gasteiger charge is -2.28. The second kappa shape index (κ2) is 14.8. The van der Waals surface area contributed by atoms with Gasteiger partial charge in [-0.3, -0.25) is 0 Å². The molecule has 0 spiro atoms. The highest BCUT2D eigenvalue weighted by atomic mass is 16.3. The Labute approximate surface area is 384 Å². The monoisotopic (exact) mass is 844 g/mol. The van der Waals surface area contributed by atoms with Crippen molar-refractivity contribution in [3.8, 4) is 50.2 Å². The van der Waals surface area contributed by atoms with Crippen LogP contribution in [0, 0.1) is 0 Å². The van der Waals surface area contributed by atoms with Crippen molar-refractivity contribution in [2.75, 3.05) is 4.90 Å². The summed E-state index contributed by atoms with van der Waals surface area (Å²) in [5.41, 5.74) is 20.8. The van der Waals surface area contributed by atoms with E-state index in [1.807, 2.05) is 6.07 Å². The molecular weight excluding hydrogens is 801 g/mol. The van der Waals surface area contributed by atoms with Crippen molar-refractivity contribution >= 4 is 60.8 Å². The molecule has 3 nitrogen and oxygen atoms in total. The third kappa shape index (κ3) is 5.97. The molecule has 0 saturated carbocycles. The standard InChI is InChI=1S/C63H44N2O/c1-63(2)55-25-14-12-23-50(55)52-39-54-53-38-44(31-34-57(53)65(59(54)40-56(52)63)47-21-10-5-11-22-47)43-29-32-48(33-30-43)64(58-26-16-28-61-62(58)51-24-13-15-27-60(51)66-61)49-36-45(41-17-6-3-7-18-41)35-46(37-49)42-19-8-4-9-20-42/h3-40H,1-2H3. The summed E-state index contributed by atoms with van der Waals surface area (Å²) in [6.45, 7) is 4.73. The first-order valence-electron chi connectivity index (χ1n) is 22.8. The highest BCUT2D eigenvalue weighted by molar-refractivity contribution is 6.14. The number of fused-ring (bicyclic) bond motifs is 9. The Morgan fingerprint density at radius 2 is 0.985 bits per heavy atom. The molecule has 0 fully saturated rings. The van der Waals surface area contributed by atoms with E-state index in [0.29, 0.717) is 0 Å². The Morgan fingerprint density at radius 1 is 0.379 bits per heavy atom. The Kier molecular flexibility index (Phi) is 8.56. The third-order valence-corrected chi connectivity index (χ3v) is 14.0. The Hall–Kier alpha value is -8.40. The van der Waals surface area contributed by atoms with Crippen molar-refractivity contribution in [1.82, 2.24) is 4.57 Å². The first-order valence-corrected chi connectivity index (χ1v) is 22.8. The summed E-state index contributed by atoms with van der Waals surface area (Å²) in [6, 6.07) is 83.9. The van der Waals surface area contributed by atoms with E-state index in [4.69, 9.17) is 4.42 Å². The molecule has 0 aliphatic heterocycles. The van der Waals surface area contributed by atoms with E-state index in [9.17, 15) is 0 Å². The van der Waals surface area contributed by atoms with Gasteiger partial charge in [-0.15, -0.1) is 0 Å². The number of anilines is 3. The van der Waals surface area contributed by atoms with E-state index >= 15 is 0 Å². The third-order valence-electron chi connectivity index (χ3n) is 14.0. The average Bonchev–Trinajstić information content (AvgIpc) is 3.99. The van der Waals surface area contributed by atoms with Crippen LogP contribution in [0.2, 0.25) is 0 Å². The van der Waals surface area contributed by atoms with Crippen molar-refractivity contribution in [3.63, 3.8) is 0 Å². The first-order chi connectivity index (χ1) is 32.5. The van der Waals surface area contributed by atoms with Crippen LogP contribution >= 0.6 is 0 Å². The predicted octanol–water partition coefficient (Wildman–Crippen LogP) is 17.5. The maximum absolute atomic E-state index is 6.50. The zero-order chi connectivity index (χ0) is 43.9. The predicted molar refractivity (Wildman–Crippen MR) is 277 cm³/mol. The van der Waals surface area contributed by atoms with Gasteiger partial charge in [0.05, 0.1) is 22.1 Å². The summed E-state index contributed by atoms with van der Waals surface area (Å²) in [6.07, 6.45) is 0. The minimum absolute atomic E-state index is 0.0961. The Bertz CT molecular complexity index is 3760. The normalized spacial score (nSPS) is 12.8. The number of para-hydroxylation sites is 2. The molecule has 0 bridgehead atoms. The van der Waals surface area contributed by atoms with Crippen molar-refractivity contribution < 1.29 is 4.42 Å². The molecule has 12 aromatic rings. The highest BCUT2D eigenvalue weighted by Crippen LogP contribution is 2.51. The number of furan rings is 1. The molecule has 0 saturated heterocycles. The molecule has 10 aromatic carbocycles. The lowest BCUT2D eigenvalue weighted by atomic mass is 9.82. The van der Waals surface area contributed by atoms with Crippen LogP contribution in [0.15, 0.2) is 235 Å². The van der Waals surface area contributed by atoms with Crippen LogP contribution in [0.3, 0.4) is 0 Å². The number of benzene rings is 10. The molecule has 0 unspecified atom stereocenters. The number of rotatable bonds is 7. The van der Waals surface area contributed by atoms with Gasteiger partial charge in [-0.2, -0.15) is 0 Å². The summed E-state index contributed by atoms with van der Waals surface area (Å²) >= 11 is 0. The minimum Gasteiger partial charge on any atom is -0.456 e. The van der Waals surface area contributed by atoms with E-state index in [-0.39, 0.29) is 5.41 Å². The summed E-state index contributed by atoms with van der Waals surface area (Å²) in [7, 11) is 0. The molecule has 0 N–H and O–H groups in total. The van der Waals surface area contributed by atoms with Gasteiger partial charge in [0.25, 0.3) is 0 Å². The quantitative estimate of drug-likeness (QED) is 0.159. The maximum Gasteiger partial charge on any atom is 0.137 e. The van der Waals surface area contributed by atoms with Crippen LogP contribution in [0.1, 0.15) is 25.0 Å². The smallest absolute Gasteiger partial charge is 0.137 e. The van der Waals surface area contributed by atoms with Gasteiger partial charge in [-0.25, -0.2) is 0 Å². The van der Waals surface area contributed by atoms with Crippen molar-refractivity contribution in [1.29, 1.82) is 0 Å². The lowest BCUT2D eigenvalue weighted by molar-refractivity contribution is 0.661. The van der Waals surface area contributed by atoms with Crippen LogP contribution in [0.5, 0.6) is 0 Å². The van der Waals surface area contributed by atoms with E-state index in [0.717, 1.165) is 61.4 Å². The number of aromatic nitrogens is 1. The molecule has 1 aliphatic rings. The van der Waals surface area contributed by atoms with E-state index in [2.05, 4.69) is 248 Å². The van der Waals surface area contributed by atoms with Crippen LogP contribution in [0.25, 0.3) is 93.9 Å². The SMILES string of the molecule is CC1(C)c2ccccc2-c2cc3c4cc(-c5ccc(N(c6cc(-c7ccccc7)cc(-c7ccccc7)c6)c6cccc7oc8ccccc8c67)cc5)ccc4n(-c4ccccc4)c3cc21. The fourth-order valence-electron chi connectivity index (χ4n) is 10.8. The molecule has 312 valence electrons. The number of hydrogen-bond acceptors (Lipinski definition) is 2. The van der Waals surface area contributed by atoms with Gasteiger partial charge in [0.15, 0.2) is 0 Å². The van der Waals surface area contributed by atoms with Crippen LogP contribution in [0.4, 0.5) is 17.1 Å². The maximum atomic E-state index is 6.50. The van der Waals surface area contributed by atoms with Gasteiger partial charge in [0, 0.05) is 38.6 Å². The van der Waals surface area contributed by atoms with Gasteiger partial charge in [-0.1, -0.05) is 159 Å². The minimum atomic E-state index is -0.0961. The van der Waals surface area contributed by atoms with E-state index in [1.165, 1.54) is 60.8 Å². The molecule has 0 atom stereocenters. The molecule has 2 heterocycles. The van der Waals surface area contributed by atoms with Crippen molar-refractivity contribution in [2.45, 2.75) is 19.3 Å². The fourth-order valence-corrected chi connectivity index (χ4v) is 10.8. The Morgan fingerprint density at radius 3 is 1.73 bits per heavy atom. The van der Waals surface area contributed by atoms with Gasteiger partial charge in [0.1, 0.15) is 11.2 Å². The summed E-state index contributed by atoms with van der Waals surface area (Å²) in [4.78, 5) is 2.41. The van der Waals surface area contributed by atoms with Crippen LogP contribution in [-0.4, -0.2) is 4.57 Å². The van der Waals surface area contributed by atoms with Gasteiger partial charge >= 0.3 is 0 Å². The van der Waals surface area contributed by atoms with Gasteiger partial charge in [0.2, 0.25) is 0 Å². The Balaban J connectivity index is 0.996. The van der Waals surface area contributed by atoms with Crippen LogP contribution in [-0.2, 0) is 5.41 Å². The molecule has 13 rings (SSSR count). The lowest BCUT2D eigenvalue weighted by Crippen LogP contribution is -2.14. The molecule has 66 heavy (non-hydrogen) atoms. The second-order valence-corrected chi connectivity index (χ2v) is 18.1.